The Kier molecular flexibility index (Phi) is 2.69. The van der Waals surface area contributed by atoms with Crippen molar-refractivity contribution in [3.8, 4) is 0 Å². The first-order valence-corrected chi connectivity index (χ1v) is 2.80. The van der Waals surface area contributed by atoms with Crippen molar-refractivity contribution in [2.24, 2.45) is 0 Å². The average molecular weight is 162 g/mol. The number of hydrogen-bond donors (Lipinski definition) is 0. The molecule has 1 atom stereocenters. The lowest BCUT2D eigenvalue weighted by Crippen LogP contribution is -2.18. The molecule has 0 aromatic rings. The second-order valence-corrected chi connectivity index (χ2v) is 3.55. The molecule has 43 valence electrons. The van der Waals surface area contributed by atoms with Gasteiger partial charge in [0.15, 0.2) is 0 Å². The SMILES string of the molecule is CC([O])C(Cl)(Cl)Cl. The van der Waals surface area contributed by atoms with Crippen molar-refractivity contribution in [1.29, 1.82) is 0 Å². The maximum Gasteiger partial charge on any atom is 0.219 e. The molecule has 0 amide bonds. The van der Waals surface area contributed by atoms with E-state index in [2.05, 4.69) is 0 Å². The van der Waals surface area contributed by atoms with Crippen LogP contribution < -0.4 is 0 Å². The van der Waals surface area contributed by atoms with E-state index >= 15 is 0 Å². The molecule has 4 heteroatoms. The summed E-state index contributed by atoms with van der Waals surface area (Å²) in [5, 5.41) is 10.2. The van der Waals surface area contributed by atoms with Crippen LogP contribution in [-0.4, -0.2) is 9.90 Å². The predicted octanol–water partition coefficient (Wildman–Crippen LogP) is 2.18. The smallest absolute Gasteiger partial charge is 0.219 e. The molecule has 0 rings (SSSR count). The standard InChI is InChI=1S/C3H4Cl3O/c1-2(7)3(4,5)6/h2H,1H3. The average Bonchev–Trinajstić information content (AvgIpc) is 1.31. The van der Waals surface area contributed by atoms with Crippen LogP contribution in [0.3, 0.4) is 0 Å². The quantitative estimate of drug-likeness (QED) is 0.487. The van der Waals surface area contributed by atoms with E-state index in [0.29, 0.717) is 0 Å². The molecule has 0 heterocycles. The molecule has 0 aliphatic heterocycles. The summed E-state index contributed by atoms with van der Waals surface area (Å²) in [5.74, 6) is 0. The molecule has 0 saturated heterocycles. The Morgan fingerprint density at radius 1 is 1.43 bits per heavy atom. The lowest BCUT2D eigenvalue weighted by atomic mass is 10.5. The summed E-state index contributed by atoms with van der Waals surface area (Å²) in [7, 11) is 0. The number of hydrogen-bond acceptors (Lipinski definition) is 0. The van der Waals surface area contributed by atoms with Gasteiger partial charge in [0.1, 0.15) is 6.10 Å². The van der Waals surface area contributed by atoms with Crippen LogP contribution in [0.2, 0.25) is 0 Å². The number of alkyl halides is 3. The summed E-state index contributed by atoms with van der Waals surface area (Å²) in [6, 6.07) is 0. The normalized spacial score (nSPS) is 16.7. The molecule has 0 aliphatic rings. The van der Waals surface area contributed by atoms with Crippen LogP contribution >= 0.6 is 34.8 Å². The highest BCUT2D eigenvalue weighted by atomic mass is 35.6. The van der Waals surface area contributed by atoms with Gasteiger partial charge < -0.3 is 0 Å². The molecule has 0 saturated carbocycles. The van der Waals surface area contributed by atoms with E-state index < -0.39 is 9.90 Å². The summed E-state index contributed by atoms with van der Waals surface area (Å²) in [6.45, 7) is 1.30. The summed E-state index contributed by atoms with van der Waals surface area (Å²) in [5.41, 5.74) is 0. The first kappa shape index (κ1) is 7.83. The molecule has 1 unspecified atom stereocenters. The summed E-state index contributed by atoms with van der Waals surface area (Å²) < 4.78 is -1.64. The molecule has 0 fully saturated rings. The first-order chi connectivity index (χ1) is 2.94. The van der Waals surface area contributed by atoms with Gasteiger partial charge in [0, 0.05) is 0 Å². The van der Waals surface area contributed by atoms with Crippen molar-refractivity contribution in [3.05, 3.63) is 0 Å². The topological polar surface area (TPSA) is 19.9 Å². The Morgan fingerprint density at radius 3 is 1.57 bits per heavy atom. The van der Waals surface area contributed by atoms with E-state index in [9.17, 15) is 5.11 Å². The molecule has 0 aromatic heterocycles. The van der Waals surface area contributed by atoms with Crippen LogP contribution in [0.25, 0.3) is 0 Å². The third-order valence-corrected chi connectivity index (χ3v) is 1.38. The molecule has 0 spiro atoms. The Hall–Kier alpha value is 0.830. The minimum Gasteiger partial charge on any atom is -0.229 e. The Labute approximate surface area is 57.2 Å². The van der Waals surface area contributed by atoms with Crippen LogP contribution in [-0.2, 0) is 5.11 Å². The minimum atomic E-state index is -1.64. The highest BCUT2D eigenvalue weighted by molar-refractivity contribution is 6.68. The van der Waals surface area contributed by atoms with Gasteiger partial charge in [-0.2, -0.15) is 0 Å². The van der Waals surface area contributed by atoms with Crippen LogP contribution in [0.5, 0.6) is 0 Å². The van der Waals surface area contributed by atoms with Gasteiger partial charge in [-0.25, -0.2) is 5.11 Å². The fourth-order valence-electron chi connectivity index (χ4n) is 0. The van der Waals surface area contributed by atoms with E-state index in [0.717, 1.165) is 0 Å². The zero-order chi connectivity index (χ0) is 6.08. The Morgan fingerprint density at radius 2 is 1.57 bits per heavy atom. The largest absolute Gasteiger partial charge is 0.229 e. The van der Waals surface area contributed by atoms with Crippen LogP contribution in [0.15, 0.2) is 0 Å². The van der Waals surface area contributed by atoms with E-state index in [1.54, 1.807) is 0 Å². The van der Waals surface area contributed by atoms with Crippen LogP contribution in [0.4, 0.5) is 0 Å². The minimum absolute atomic E-state index is 1.16. The van der Waals surface area contributed by atoms with Gasteiger partial charge in [0.05, 0.1) is 0 Å². The molecule has 0 bridgehead atoms. The molecule has 0 aliphatic carbocycles. The highest BCUT2D eigenvalue weighted by Crippen LogP contribution is 2.29. The van der Waals surface area contributed by atoms with Gasteiger partial charge in [-0.3, -0.25) is 0 Å². The van der Waals surface area contributed by atoms with E-state index in [1.165, 1.54) is 6.92 Å². The molecule has 1 radical (unpaired) electrons. The first-order valence-electron chi connectivity index (χ1n) is 1.67. The second kappa shape index (κ2) is 2.40. The van der Waals surface area contributed by atoms with Gasteiger partial charge in [0.2, 0.25) is 3.79 Å². The predicted molar refractivity (Wildman–Crippen MR) is 30.4 cm³/mol. The maximum atomic E-state index is 10.2. The molecule has 0 N–H and O–H groups in total. The van der Waals surface area contributed by atoms with Crippen molar-refractivity contribution in [2.45, 2.75) is 16.8 Å². The van der Waals surface area contributed by atoms with E-state index in [1.807, 2.05) is 0 Å². The molecule has 1 nitrogen and oxygen atoms in total. The second-order valence-electron chi connectivity index (χ2n) is 1.18. The molecule has 7 heavy (non-hydrogen) atoms. The van der Waals surface area contributed by atoms with Gasteiger partial charge >= 0.3 is 0 Å². The van der Waals surface area contributed by atoms with Crippen molar-refractivity contribution in [3.63, 3.8) is 0 Å². The van der Waals surface area contributed by atoms with Crippen molar-refractivity contribution >= 4 is 34.8 Å². The van der Waals surface area contributed by atoms with Gasteiger partial charge in [-0.05, 0) is 6.92 Å². The third kappa shape index (κ3) is 3.42. The van der Waals surface area contributed by atoms with E-state index in [-0.39, 0.29) is 0 Å². The van der Waals surface area contributed by atoms with Crippen molar-refractivity contribution < 1.29 is 5.11 Å². The molecule has 0 aromatic carbocycles. The van der Waals surface area contributed by atoms with Crippen LogP contribution in [0, 0.1) is 0 Å². The number of rotatable bonds is 0. The third-order valence-electron chi connectivity index (χ3n) is 0.461. The maximum absolute atomic E-state index is 10.2. The summed E-state index contributed by atoms with van der Waals surface area (Å²) in [4.78, 5) is 0. The highest BCUT2D eigenvalue weighted by Gasteiger charge is 2.27. The number of halogens is 3. The summed E-state index contributed by atoms with van der Waals surface area (Å²) in [6.07, 6.45) is -1.16. The zero-order valence-corrected chi connectivity index (χ0v) is 5.89. The van der Waals surface area contributed by atoms with Crippen LogP contribution in [0.1, 0.15) is 6.92 Å². The zero-order valence-electron chi connectivity index (χ0n) is 3.62. The fourth-order valence-corrected chi connectivity index (χ4v) is 0. The lowest BCUT2D eigenvalue weighted by molar-refractivity contribution is 0.109. The monoisotopic (exact) mass is 161 g/mol. The van der Waals surface area contributed by atoms with Gasteiger partial charge in [-0.15, -0.1) is 0 Å². The molecular weight excluding hydrogens is 158 g/mol. The lowest BCUT2D eigenvalue weighted by Gasteiger charge is -2.09. The van der Waals surface area contributed by atoms with Crippen molar-refractivity contribution in [2.75, 3.05) is 0 Å². The fraction of sp³-hybridized carbons (Fsp3) is 1.00. The van der Waals surface area contributed by atoms with E-state index in [4.69, 9.17) is 34.8 Å². The van der Waals surface area contributed by atoms with Gasteiger partial charge in [0.25, 0.3) is 0 Å². The summed E-state index contributed by atoms with van der Waals surface area (Å²) >= 11 is 15.3. The van der Waals surface area contributed by atoms with Gasteiger partial charge in [-0.1, -0.05) is 34.8 Å². The van der Waals surface area contributed by atoms with Crippen molar-refractivity contribution in [1.82, 2.24) is 0 Å². The Balaban J connectivity index is 3.54. The molecular formula is C3H4Cl3O. The Bertz CT molecular complexity index is 55.7.